The van der Waals surface area contributed by atoms with E-state index in [1.807, 2.05) is 12.1 Å². The van der Waals surface area contributed by atoms with Crippen molar-refractivity contribution >= 4 is 40.9 Å². The van der Waals surface area contributed by atoms with E-state index in [4.69, 9.17) is 27.9 Å². The predicted octanol–water partition coefficient (Wildman–Crippen LogP) is 6.97. The molecule has 2 aromatic carbocycles. The molecule has 0 N–H and O–H groups in total. The van der Waals surface area contributed by atoms with Crippen molar-refractivity contribution in [2.75, 3.05) is 14.2 Å². The van der Waals surface area contributed by atoms with Gasteiger partial charge in [-0.3, -0.25) is 9.59 Å². The van der Waals surface area contributed by atoms with Crippen LogP contribution in [0.25, 0.3) is 11.1 Å². The summed E-state index contributed by atoms with van der Waals surface area (Å²) in [5.74, 6) is 0.109. The molecular formula is C33H27Cl2F3N6O3S. The van der Waals surface area contributed by atoms with Crippen molar-refractivity contribution in [1.29, 1.82) is 0 Å². The molecule has 0 saturated heterocycles. The van der Waals surface area contributed by atoms with Gasteiger partial charge in [-0.25, -0.2) is 15.0 Å². The van der Waals surface area contributed by atoms with Gasteiger partial charge < -0.3 is 14.2 Å². The van der Waals surface area contributed by atoms with Gasteiger partial charge in [0.2, 0.25) is 5.91 Å². The summed E-state index contributed by atoms with van der Waals surface area (Å²) in [4.78, 5) is 44.6. The number of carbonyl (C=O) groups is 1. The zero-order valence-electron chi connectivity index (χ0n) is 25.5. The number of ether oxygens (including phenoxy) is 1. The molecule has 48 heavy (non-hydrogen) atoms. The Labute approximate surface area is 287 Å². The smallest absolute Gasteiger partial charge is 0.416 e. The monoisotopic (exact) mass is 714 g/mol. The third-order valence-corrected chi connectivity index (χ3v) is 8.58. The van der Waals surface area contributed by atoms with Crippen LogP contribution in [0.15, 0.2) is 89.2 Å². The number of hydrogen-bond donors (Lipinski definition) is 0. The van der Waals surface area contributed by atoms with Crippen LogP contribution in [0.1, 0.15) is 27.8 Å². The lowest BCUT2D eigenvalue weighted by Crippen LogP contribution is -2.31. The number of pyridine rings is 1. The lowest BCUT2D eigenvalue weighted by molar-refractivity contribution is -0.137. The number of halogens is 5. The van der Waals surface area contributed by atoms with Gasteiger partial charge in [-0.2, -0.15) is 18.2 Å². The molecule has 0 aliphatic heterocycles. The molecule has 15 heteroatoms. The molecule has 0 aliphatic carbocycles. The van der Waals surface area contributed by atoms with E-state index >= 15 is 0 Å². The number of thioether (sulfide) groups is 1. The summed E-state index contributed by atoms with van der Waals surface area (Å²) in [6.07, 6.45) is 0.498. The Morgan fingerprint density at radius 2 is 1.52 bits per heavy atom. The Balaban J connectivity index is 1.33. The fourth-order valence-electron chi connectivity index (χ4n) is 4.66. The number of benzene rings is 2. The fraction of sp³-hybridized carbons (Fsp3) is 0.212. The van der Waals surface area contributed by atoms with E-state index in [1.54, 1.807) is 59.4 Å². The number of aromatic nitrogens is 5. The number of likely N-dealkylation sites (N-methyl/N-ethyl adjacent to an activating group) is 1. The second-order valence-corrected chi connectivity index (χ2v) is 12.4. The number of alkyl halides is 3. The summed E-state index contributed by atoms with van der Waals surface area (Å²) in [5, 5.41) is 0.774. The van der Waals surface area contributed by atoms with Crippen LogP contribution < -0.4 is 10.3 Å². The first kappa shape index (κ1) is 34.9. The zero-order valence-corrected chi connectivity index (χ0v) is 27.9. The minimum atomic E-state index is -4.40. The Kier molecular flexibility index (Phi) is 11.0. The van der Waals surface area contributed by atoms with Gasteiger partial charge in [-0.15, -0.1) is 0 Å². The molecule has 0 aliphatic rings. The molecule has 0 bridgehead atoms. The molecule has 3 aromatic heterocycles. The molecule has 0 fully saturated rings. The average molecular weight is 716 g/mol. The highest BCUT2D eigenvalue weighted by molar-refractivity contribution is 7.98. The Bertz CT molecular complexity index is 1940. The van der Waals surface area contributed by atoms with Gasteiger partial charge in [0.15, 0.2) is 5.16 Å². The van der Waals surface area contributed by atoms with Crippen molar-refractivity contribution in [3.05, 3.63) is 128 Å². The summed E-state index contributed by atoms with van der Waals surface area (Å²) >= 11 is 13.4. The largest absolute Gasteiger partial charge is 0.467 e. The molecule has 0 spiro atoms. The molecule has 0 unspecified atom stereocenters. The molecule has 1 amide bonds. The minimum absolute atomic E-state index is 0.111. The van der Waals surface area contributed by atoms with E-state index in [-0.39, 0.29) is 41.7 Å². The molecule has 5 aromatic rings. The van der Waals surface area contributed by atoms with E-state index < -0.39 is 17.3 Å². The number of carbonyl (C=O) groups excluding carboxylic acids is 1. The normalized spacial score (nSPS) is 11.4. The van der Waals surface area contributed by atoms with Crippen LogP contribution in [0.3, 0.4) is 0 Å². The first-order valence-corrected chi connectivity index (χ1v) is 16.0. The van der Waals surface area contributed by atoms with Gasteiger partial charge in [-0.05, 0) is 52.1 Å². The van der Waals surface area contributed by atoms with E-state index in [2.05, 4.69) is 19.9 Å². The number of nitrogens with zero attached hydrogens (tertiary/aromatic N) is 6. The summed E-state index contributed by atoms with van der Waals surface area (Å²) in [7, 11) is 3.11. The molecule has 9 nitrogen and oxygen atoms in total. The molecule has 3 heterocycles. The van der Waals surface area contributed by atoms with Gasteiger partial charge in [0.05, 0.1) is 12.7 Å². The number of rotatable bonds is 11. The van der Waals surface area contributed by atoms with Crippen molar-refractivity contribution in [2.24, 2.45) is 0 Å². The maximum Gasteiger partial charge on any atom is 0.416 e. The summed E-state index contributed by atoms with van der Waals surface area (Å²) in [6, 6.07) is 15.7. The van der Waals surface area contributed by atoms with Gasteiger partial charge in [0, 0.05) is 49.9 Å². The van der Waals surface area contributed by atoms with E-state index in [0.717, 1.165) is 28.8 Å². The highest BCUT2D eigenvalue weighted by Gasteiger charge is 2.30. The first-order chi connectivity index (χ1) is 22.9. The van der Waals surface area contributed by atoms with Crippen LogP contribution in [-0.4, -0.2) is 49.5 Å². The van der Waals surface area contributed by atoms with Crippen molar-refractivity contribution in [3.63, 3.8) is 0 Å². The average Bonchev–Trinajstić information content (AvgIpc) is 3.05. The standard InChI is InChI=1S/C33H27Cl2F3N6O3S/c1-43(16-20-3-5-23(6-4-20)24-7-9-26(10-8-24)33(36,37)38)29(45)18-44-17-25(11-22-14-39-31(47-2)40-15-22)30(46)42-32(44)48-19-21-12-27(34)41-28(35)13-21/h3-10,12-15,17H,11,16,18-19H2,1-2H3. The van der Waals surface area contributed by atoms with Crippen molar-refractivity contribution in [1.82, 2.24) is 29.4 Å². The van der Waals surface area contributed by atoms with E-state index in [9.17, 15) is 22.8 Å². The van der Waals surface area contributed by atoms with Crippen LogP contribution in [-0.2, 0) is 36.2 Å². The molecule has 248 valence electrons. The van der Waals surface area contributed by atoms with Gasteiger partial charge in [-0.1, -0.05) is 71.4 Å². The number of methoxy groups -OCH3 is 1. The highest BCUT2D eigenvalue weighted by atomic mass is 35.5. The first-order valence-electron chi connectivity index (χ1n) is 14.3. The lowest BCUT2D eigenvalue weighted by atomic mass is 10.0. The summed E-state index contributed by atoms with van der Waals surface area (Å²) in [5.41, 5.74) is 2.80. The third kappa shape index (κ3) is 9.12. The van der Waals surface area contributed by atoms with Crippen molar-refractivity contribution in [2.45, 2.75) is 36.6 Å². The Hall–Kier alpha value is -4.46. The lowest BCUT2D eigenvalue weighted by Gasteiger charge is -2.20. The fourth-order valence-corrected chi connectivity index (χ4v) is 6.06. The number of amides is 1. The van der Waals surface area contributed by atoms with Crippen molar-refractivity contribution in [3.8, 4) is 17.1 Å². The minimum Gasteiger partial charge on any atom is -0.467 e. The van der Waals surface area contributed by atoms with Crippen LogP contribution in [0, 0.1) is 0 Å². The van der Waals surface area contributed by atoms with E-state index in [1.165, 1.54) is 31.0 Å². The van der Waals surface area contributed by atoms with Crippen LogP contribution >= 0.6 is 35.0 Å². The van der Waals surface area contributed by atoms with Crippen LogP contribution in [0.4, 0.5) is 13.2 Å². The van der Waals surface area contributed by atoms with Gasteiger partial charge in [0.1, 0.15) is 16.9 Å². The summed E-state index contributed by atoms with van der Waals surface area (Å²) < 4.78 is 45.4. The quantitative estimate of drug-likeness (QED) is 0.0821. The maximum absolute atomic E-state index is 13.5. The molecule has 5 rings (SSSR count). The van der Waals surface area contributed by atoms with Gasteiger partial charge in [0.25, 0.3) is 5.56 Å². The molecule has 0 radical (unpaired) electrons. The van der Waals surface area contributed by atoms with Crippen molar-refractivity contribution < 1.29 is 22.7 Å². The topological polar surface area (TPSA) is 103 Å². The Morgan fingerprint density at radius 1 is 0.917 bits per heavy atom. The Morgan fingerprint density at radius 3 is 2.10 bits per heavy atom. The maximum atomic E-state index is 13.5. The third-order valence-electron chi connectivity index (χ3n) is 7.13. The van der Waals surface area contributed by atoms with Gasteiger partial charge >= 0.3 is 12.2 Å². The summed E-state index contributed by atoms with van der Waals surface area (Å²) in [6.45, 7) is 0.159. The highest BCUT2D eigenvalue weighted by Crippen LogP contribution is 2.31. The van der Waals surface area contributed by atoms with Crippen LogP contribution in [0.2, 0.25) is 10.3 Å². The second kappa shape index (κ2) is 15.2. The molecule has 0 saturated carbocycles. The van der Waals surface area contributed by atoms with Crippen LogP contribution in [0.5, 0.6) is 6.01 Å². The molecule has 0 atom stereocenters. The zero-order chi connectivity index (χ0) is 34.4. The SMILES string of the molecule is COc1ncc(Cc2cn(CC(=O)N(C)Cc3ccc(-c4ccc(C(F)(F)F)cc4)cc3)c(SCc3cc(Cl)nc(Cl)c3)nc2=O)cn1. The predicted molar refractivity (Wildman–Crippen MR) is 177 cm³/mol. The number of hydrogen-bond acceptors (Lipinski definition) is 8. The molecular weight excluding hydrogens is 688 g/mol. The second-order valence-electron chi connectivity index (χ2n) is 10.7. The van der Waals surface area contributed by atoms with E-state index in [0.29, 0.717) is 27.6 Å².